The molecule has 2 aromatic heterocycles. The van der Waals surface area contributed by atoms with Gasteiger partial charge in [0.05, 0.1) is 0 Å². The van der Waals surface area contributed by atoms with Crippen molar-refractivity contribution in [1.29, 1.82) is 0 Å². The van der Waals surface area contributed by atoms with E-state index in [1.165, 1.54) is 35.5 Å². The van der Waals surface area contributed by atoms with Crippen LogP contribution in [0.3, 0.4) is 0 Å². The lowest BCUT2D eigenvalue weighted by atomic mass is 9.96. The standard InChI is InChI=1S/C18H28N2O6S.C18H30N2O4S/c1-10(2)13(20(7)17(24)26-18(4,5)6)8-14(25-11(3)21)15-19-12(9-27-15)16(22)23;1-11(2)14(20(8)17(22)24-18(5,6)7)9-15(23-13(4)21)16-19-12(3)10-25-16/h9-10,13-14H,8H2,1-7H3,(H,22,23);10-11,14-15H,9H2,1-8H3/t13?,14-;14?,15-/m10/s1. The number of thiazole rings is 2. The molecule has 0 fully saturated rings. The van der Waals surface area contributed by atoms with E-state index < -0.39 is 41.4 Å². The van der Waals surface area contributed by atoms with Gasteiger partial charge in [-0.3, -0.25) is 9.59 Å². The number of carbonyl (C=O) groups is 5. The summed E-state index contributed by atoms with van der Waals surface area (Å²) in [7, 11) is 3.35. The molecule has 2 heterocycles. The number of hydrogen-bond acceptors (Lipinski definition) is 13. The van der Waals surface area contributed by atoms with Gasteiger partial charge in [-0.05, 0) is 60.3 Å². The molecule has 2 amide bonds. The number of hydrogen-bond donors (Lipinski definition) is 1. The van der Waals surface area contributed by atoms with Gasteiger partial charge in [-0.1, -0.05) is 27.7 Å². The summed E-state index contributed by atoms with van der Waals surface area (Å²) in [5.41, 5.74) is -0.407. The van der Waals surface area contributed by atoms with E-state index in [4.69, 9.17) is 24.1 Å². The van der Waals surface area contributed by atoms with E-state index in [1.807, 2.05) is 60.8 Å². The highest BCUT2D eigenvalue weighted by Crippen LogP contribution is 2.32. The second kappa shape index (κ2) is 19.9. The SMILES string of the molecule is CC(=O)O[C@@H](CC(C(C)C)N(C)C(=O)OC(C)(C)C)c1nc(C)cs1.CC(=O)O[C@H](CC(C(C)C)N(C)C(=O)OC(C)(C)C)c1nc(C(=O)O)cs1. The summed E-state index contributed by atoms with van der Waals surface area (Å²) in [6.07, 6.45) is -1.35. The minimum Gasteiger partial charge on any atom is -0.476 e. The summed E-state index contributed by atoms with van der Waals surface area (Å²) in [6.45, 7) is 23.4. The van der Waals surface area contributed by atoms with Gasteiger partial charge in [0, 0.05) is 69.3 Å². The number of ether oxygens (including phenoxy) is 4. The highest BCUT2D eigenvalue weighted by Gasteiger charge is 2.34. The maximum absolute atomic E-state index is 12.4. The zero-order valence-electron chi connectivity index (χ0n) is 33.3. The van der Waals surface area contributed by atoms with E-state index in [0.717, 1.165) is 22.0 Å². The third-order valence-electron chi connectivity index (χ3n) is 7.35. The van der Waals surface area contributed by atoms with Crippen LogP contribution >= 0.6 is 22.7 Å². The predicted octanol–water partition coefficient (Wildman–Crippen LogP) is 8.06. The van der Waals surface area contributed by atoms with Crippen molar-refractivity contribution in [2.45, 2.75) is 138 Å². The van der Waals surface area contributed by atoms with Crippen LogP contribution in [0.5, 0.6) is 0 Å². The van der Waals surface area contributed by atoms with Crippen LogP contribution in [0.2, 0.25) is 0 Å². The Balaban J connectivity index is 0.000000522. The van der Waals surface area contributed by atoms with Crippen LogP contribution < -0.4 is 0 Å². The molecule has 294 valence electrons. The molecule has 2 rings (SSSR count). The molecular weight excluding hydrogens is 713 g/mol. The lowest BCUT2D eigenvalue weighted by Gasteiger charge is -2.34. The molecule has 0 radical (unpaired) electrons. The molecule has 2 aromatic rings. The average molecular weight is 771 g/mol. The monoisotopic (exact) mass is 770 g/mol. The molecule has 0 aromatic carbocycles. The number of aromatic carboxylic acids is 1. The Morgan fingerprint density at radius 3 is 1.35 bits per heavy atom. The Bertz CT molecular complexity index is 1490. The topological polar surface area (TPSA) is 175 Å². The van der Waals surface area contributed by atoms with E-state index in [0.29, 0.717) is 11.4 Å². The summed E-state index contributed by atoms with van der Waals surface area (Å²) >= 11 is 2.57. The molecule has 0 saturated carbocycles. The number of carboxylic acid groups (broad SMARTS) is 1. The molecule has 1 N–H and O–H groups in total. The quantitative estimate of drug-likeness (QED) is 0.153. The van der Waals surface area contributed by atoms with E-state index in [9.17, 15) is 24.0 Å². The molecule has 16 heteroatoms. The first kappa shape index (κ1) is 46.2. The number of aryl methyl sites for hydroxylation is 1. The number of aromatic nitrogens is 2. The Morgan fingerprint density at radius 2 is 1.08 bits per heavy atom. The Labute approximate surface area is 316 Å². The number of carbonyl (C=O) groups excluding carboxylic acids is 4. The van der Waals surface area contributed by atoms with Gasteiger partial charge < -0.3 is 33.9 Å². The largest absolute Gasteiger partial charge is 0.476 e. The molecule has 52 heavy (non-hydrogen) atoms. The zero-order valence-corrected chi connectivity index (χ0v) is 34.9. The van der Waals surface area contributed by atoms with Crippen LogP contribution in [-0.2, 0) is 28.5 Å². The van der Waals surface area contributed by atoms with Gasteiger partial charge in [0.15, 0.2) is 17.9 Å². The van der Waals surface area contributed by atoms with E-state index in [-0.39, 0.29) is 48.1 Å². The van der Waals surface area contributed by atoms with Crippen molar-refractivity contribution < 1.29 is 48.0 Å². The van der Waals surface area contributed by atoms with E-state index >= 15 is 0 Å². The molecular formula is C36H58N4O10S2. The Kier molecular flexibility index (Phi) is 17.7. The van der Waals surface area contributed by atoms with E-state index in [2.05, 4.69) is 9.97 Å². The maximum atomic E-state index is 12.4. The van der Waals surface area contributed by atoms with Crippen molar-refractivity contribution in [1.82, 2.24) is 19.8 Å². The normalized spacial score (nSPS) is 13.9. The minimum atomic E-state index is -1.15. The molecule has 4 atom stereocenters. The predicted molar refractivity (Wildman–Crippen MR) is 199 cm³/mol. The van der Waals surface area contributed by atoms with Gasteiger partial charge in [0.25, 0.3) is 0 Å². The van der Waals surface area contributed by atoms with Crippen molar-refractivity contribution in [2.75, 3.05) is 14.1 Å². The van der Waals surface area contributed by atoms with Crippen molar-refractivity contribution in [3.05, 3.63) is 32.2 Å². The molecule has 0 aliphatic rings. The smallest absolute Gasteiger partial charge is 0.410 e. The van der Waals surface area contributed by atoms with Crippen LogP contribution in [0.1, 0.15) is 134 Å². The van der Waals surface area contributed by atoms with Crippen LogP contribution in [0.4, 0.5) is 9.59 Å². The Morgan fingerprint density at radius 1 is 0.712 bits per heavy atom. The molecule has 0 aliphatic heterocycles. The second-order valence-electron chi connectivity index (χ2n) is 15.2. The van der Waals surface area contributed by atoms with Crippen LogP contribution in [0.15, 0.2) is 10.8 Å². The van der Waals surface area contributed by atoms with Crippen LogP contribution in [0.25, 0.3) is 0 Å². The van der Waals surface area contributed by atoms with Crippen molar-refractivity contribution >= 4 is 52.8 Å². The van der Waals surface area contributed by atoms with Crippen LogP contribution in [-0.4, -0.2) is 92.3 Å². The second-order valence-corrected chi connectivity index (χ2v) is 17.0. The van der Waals surface area contributed by atoms with Gasteiger partial charge in [0.2, 0.25) is 0 Å². The lowest BCUT2D eigenvalue weighted by molar-refractivity contribution is -0.148. The minimum absolute atomic E-state index is 0.0412. The fraction of sp³-hybridized carbons (Fsp3) is 0.694. The van der Waals surface area contributed by atoms with Crippen molar-refractivity contribution in [3.8, 4) is 0 Å². The van der Waals surface area contributed by atoms with E-state index in [1.54, 1.807) is 39.8 Å². The van der Waals surface area contributed by atoms with Gasteiger partial charge in [-0.2, -0.15) is 0 Å². The van der Waals surface area contributed by atoms with Gasteiger partial charge in [-0.15, -0.1) is 22.7 Å². The number of esters is 2. The highest BCUT2D eigenvalue weighted by molar-refractivity contribution is 7.10. The molecule has 2 unspecified atom stereocenters. The summed E-state index contributed by atoms with van der Waals surface area (Å²) in [5, 5.41) is 13.5. The summed E-state index contributed by atoms with van der Waals surface area (Å²) in [4.78, 5) is 70.6. The molecule has 14 nitrogen and oxygen atoms in total. The first-order valence-electron chi connectivity index (χ1n) is 17.1. The summed E-state index contributed by atoms with van der Waals surface area (Å²) < 4.78 is 21.8. The first-order valence-corrected chi connectivity index (χ1v) is 18.8. The third kappa shape index (κ3) is 16.3. The molecule has 0 saturated heterocycles. The van der Waals surface area contributed by atoms with Crippen LogP contribution in [0, 0.1) is 18.8 Å². The number of nitrogens with zero attached hydrogens (tertiary/aromatic N) is 4. The number of rotatable bonds is 13. The lowest BCUT2D eigenvalue weighted by Crippen LogP contribution is -2.44. The Hall–Kier alpha value is -3.79. The number of amides is 2. The first-order chi connectivity index (χ1) is 23.7. The van der Waals surface area contributed by atoms with Crippen molar-refractivity contribution in [2.24, 2.45) is 11.8 Å². The number of carboxylic acids is 1. The van der Waals surface area contributed by atoms with Gasteiger partial charge in [0.1, 0.15) is 21.2 Å². The van der Waals surface area contributed by atoms with Gasteiger partial charge >= 0.3 is 30.1 Å². The maximum Gasteiger partial charge on any atom is 0.410 e. The third-order valence-corrected chi connectivity index (χ3v) is 9.34. The summed E-state index contributed by atoms with van der Waals surface area (Å²) in [6, 6.07) is -0.454. The molecule has 0 spiro atoms. The molecule has 0 bridgehead atoms. The van der Waals surface area contributed by atoms with Gasteiger partial charge in [-0.25, -0.2) is 24.4 Å². The zero-order chi connectivity index (χ0) is 40.3. The fourth-order valence-corrected chi connectivity index (χ4v) is 6.66. The molecule has 0 aliphatic carbocycles. The average Bonchev–Trinajstić information content (AvgIpc) is 3.64. The fourth-order valence-electron chi connectivity index (χ4n) is 4.99. The highest BCUT2D eigenvalue weighted by atomic mass is 32.1. The summed E-state index contributed by atoms with van der Waals surface area (Å²) in [5.74, 6) is -1.81. The van der Waals surface area contributed by atoms with Crippen molar-refractivity contribution in [3.63, 3.8) is 0 Å².